The summed E-state index contributed by atoms with van der Waals surface area (Å²) in [7, 11) is 0. The summed E-state index contributed by atoms with van der Waals surface area (Å²) in [5.41, 5.74) is 1.17. The van der Waals surface area contributed by atoms with E-state index in [1.807, 2.05) is 30.3 Å². The average molecular weight is 393 g/mol. The van der Waals surface area contributed by atoms with Crippen molar-refractivity contribution < 1.29 is 24.5 Å². The van der Waals surface area contributed by atoms with E-state index in [0.717, 1.165) is 5.56 Å². The zero-order valence-electron chi connectivity index (χ0n) is 16.0. The molecule has 2 aromatic carbocycles. The van der Waals surface area contributed by atoms with Crippen LogP contribution in [-0.4, -0.2) is 46.6 Å². The third-order valence-corrected chi connectivity index (χ3v) is 4.71. The fraction of sp³-hybridized carbons (Fsp3) is 0.217. The molecule has 0 bridgehead atoms. The van der Waals surface area contributed by atoms with E-state index in [1.165, 1.54) is 4.90 Å². The van der Waals surface area contributed by atoms with Crippen LogP contribution in [0.4, 0.5) is 0 Å². The lowest BCUT2D eigenvalue weighted by atomic mass is 9.95. The minimum absolute atomic E-state index is 0.0406. The van der Waals surface area contributed by atoms with Gasteiger partial charge in [0.25, 0.3) is 11.7 Å². The quantitative estimate of drug-likeness (QED) is 0.312. The molecule has 0 radical (unpaired) electrons. The van der Waals surface area contributed by atoms with Crippen LogP contribution in [0.2, 0.25) is 0 Å². The monoisotopic (exact) mass is 393 g/mol. The summed E-state index contributed by atoms with van der Waals surface area (Å²) in [6.07, 6.45) is 1.97. The van der Waals surface area contributed by atoms with Crippen LogP contribution in [0.5, 0.6) is 5.75 Å². The first-order chi connectivity index (χ1) is 14.1. The Kier molecular flexibility index (Phi) is 6.46. The van der Waals surface area contributed by atoms with Gasteiger partial charge < -0.3 is 19.8 Å². The van der Waals surface area contributed by atoms with Gasteiger partial charge in [-0.15, -0.1) is 0 Å². The fourth-order valence-electron chi connectivity index (χ4n) is 3.35. The Hall–Kier alpha value is -3.38. The molecule has 1 unspecified atom stereocenters. The number of Topliss-reactive ketones (excluding diaryl/α,β-unsaturated/α-hetero) is 1. The van der Waals surface area contributed by atoms with Crippen molar-refractivity contribution in [2.45, 2.75) is 12.5 Å². The molecular weight excluding hydrogens is 370 g/mol. The number of carbonyl (C=O) groups is 2. The van der Waals surface area contributed by atoms with Gasteiger partial charge in [-0.3, -0.25) is 9.59 Å². The lowest BCUT2D eigenvalue weighted by Crippen LogP contribution is -2.31. The molecule has 3 rings (SSSR count). The van der Waals surface area contributed by atoms with E-state index in [4.69, 9.17) is 4.74 Å². The van der Waals surface area contributed by atoms with Crippen LogP contribution >= 0.6 is 0 Å². The van der Waals surface area contributed by atoms with Crippen molar-refractivity contribution in [3.05, 3.63) is 84.0 Å². The molecule has 1 saturated heterocycles. The standard InChI is InChI=1S/C23H23NO5/c1-2-15-29-18-11-9-17(10-12-18)21(26)19-20(16-7-4-3-5-8-16)24(13-6-14-25)23(28)22(19)27/h2-5,7-12,20,25-26H,1,6,13-15H2/b21-19-. The SMILES string of the molecule is C=CCOc1ccc(/C(O)=C2/C(=O)C(=O)N(CCCO)C2c2ccccc2)cc1. The largest absolute Gasteiger partial charge is 0.507 e. The molecule has 1 heterocycles. The second kappa shape index (κ2) is 9.21. The summed E-state index contributed by atoms with van der Waals surface area (Å²) in [6, 6.07) is 15.0. The molecule has 0 spiro atoms. The third-order valence-electron chi connectivity index (χ3n) is 4.71. The number of ether oxygens (including phenoxy) is 1. The summed E-state index contributed by atoms with van der Waals surface area (Å²) in [6.45, 7) is 4.06. The van der Waals surface area contributed by atoms with Crippen LogP contribution in [0.15, 0.2) is 72.8 Å². The second-order valence-corrected chi connectivity index (χ2v) is 6.60. The van der Waals surface area contributed by atoms with Crippen molar-refractivity contribution in [2.24, 2.45) is 0 Å². The molecule has 0 saturated carbocycles. The Labute approximate surface area is 169 Å². The number of nitrogens with zero attached hydrogens (tertiary/aromatic N) is 1. The van der Waals surface area contributed by atoms with Crippen LogP contribution in [0.25, 0.3) is 5.76 Å². The topological polar surface area (TPSA) is 87.1 Å². The Balaban J connectivity index is 2.04. The highest BCUT2D eigenvalue weighted by molar-refractivity contribution is 6.46. The van der Waals surface area contributed by atoms with Gasteiger partial charge in [0.2, 0.25) is 0 Å². The normalized spacial score (nSPS) is 18.1. The van der Waals surface area contributed by atoms with Gasteiger partial charge in [0, 0.05) is 18.7 Å². The van der Waals surface area contributed by atoms with E-state index in [0.29, 0.717) is 24.3 Å². The number of likely N-dealkylation sites (tertiary alicyclic amines) is 1. The van der Waals surface area contributed by atoms with E-state index >= 15 is 0 Å². The molecule has 150 valence electrons. The molecule has 6 nitrogen and oxygen atoms in total. The Morgan fingerprint density at radius 1 is 1.10 bits per heavy atom. The molecule has 1 amide bonds. The number of carbonyl (C=O) groups excluding carboxylic acids is 2. The number of amides is 1. The van der Waals surface area contributed by atoms with Crippen molar-refractivity contribution in [1.82, 2.24) is 4.90 Å². The highest BCUT2D eigenvalue weighted by atomic mass is 16.5. The van der Waals surface area contributed by atoms with Gasteiger partial charge in [0.15, 0.2) is 0 Å². The molecular formula is C23H23NO5. The van der Waals surface area contributed by atoms with E-state index in [9.17, 15) is 19.8 Å². The van der Waals surface area contributed by atoms with E-state index in [2.05, 4.69) is 6.58 Å². The maximum Gasteiger partial charge on any atom is 0.295 e. The highest BCUT2D eigenvalue weighted by Crippen LogP contribution is 2.39. The zero-order valence-corrected chi connectivity index (χ0v) is 16.0. The van der Waals surface area contributed by atoms with Crippen molar-refractivity contribution >= 4 is 17.4 Å². The maximum atomic E-state index is 12.8. The average Bonchev–Trinajstić information content (AvgIpc) is 3.01. The van der Waals surface area contributed by atoms with Crippen LogP contribution in [0, 0.1) is 0 Å². The van der Waals surface area contributed by atoms with Gasteiger partial charge in [0.1, 0.15) is 18.1 Å². The van der Waals surface area contributed by atoms with Gasteiger partial charge in [-0.1, -0.05) is 43.0 Å². The molecule has 1 aliphatic heterocycles. The number of rotatable bonds is 8. The van der Waals surface area contributed by atoms with Crippen molar-refractivity contribution in [1.29, 1.82) is 0 Å². The molecule has 29 heavy (non-hydrogen) atoms. The first kappa shape index (κ1) is 20.4. The molecule has 1 atom stereocenters. The predicted octanol–water partition coefficient (Wildman–Crippen LogP) is 3.06. The van der Waals surface area contributed by atoms with Crippen LogP contribution in [0.1, 0.15) is 23.6 Å². The van der Waals surface area contributed by atoms with Crippen molar-refractivity contribution in [3.63, 3.8) is 0 Å². The van der Waals surface area contributed by atoms with Crippen molar-refractivity contribution in [3.8, 4) is 5.75 Å². The summed E-state index contributed by atoms with van der Waals surface area (Å²) >= 11 is 0. The number of ketones is 1. The molecule has 0 aromatic heterocycles. The first-order valence-electron chi connectivity index (χ1n) is 9.36. The van der Waals surface area contributed by atoms with Gasteiger partial charge >= 0.3 is 0 Å². The van der Waals surface area contributed by atoms with Gasteiger partial charge in [0.05, 0.1) is 11.6 Å². The Bertz CT molecular complexity index is 918. The number of benzene rings is 2. The van der Waals surface area contributed by atoms with Crippen molar-refractivity contribution in [2.75, 3.05) is 19.8 Å². The van der Waals surface area contributed by atoms with E-state index in [-0.39, 0.29) is 24.5 Å². The third kappa shape index (κ3) is 4.22. The molecule has 1 fully saturated rings. The minimum atomic E-state index is -0.735. The lowest BCUT2D eigenvalue weighted by molar-refractivity contribution is -0.140. The van der Waals surface area contributed by atoms with Crippen LogP contribution in [-0.2, 0) is 9.59 Å². The molecule has 2 aromatic rings. The summed E-state index contributed by atoms with van der Waals surface area (Å²) < 4.78 is 5.44. The van der Waals surface area contributed by atoms with Gasteiger partial charge in [-0.05, 0) is 36.2 Å². The fourth-order valence-corrected chi connectivity index (χ4v) is 3.35. The summed E-state index contributed by atoms with van der Waals surface area (Å²) in [4.78, 5) is 26.8. The van der Waals surface area contributed by atoms with E-state index in [1.54, 1.807) is 30.3 Å². The molecule has 0 aliphatic carbocycles. The maximum absolute atomic E-state index is 12.8. The predicted molar refractivity (Wildman–Crippen MR) is 109 cm³/mol. The zero-order chi connectivity index (χ0) is 20.8. The second-order valence-electron chi connectivity index (χ2n) is 6.60. The van der Waals surface area contributed by atoms with Gasteiger partial charge in [-0.2, -0.15) is 0 Å². The first-order valence-corrected chi connectivity index (χ1v) is 9.36. The number of hydrogen-bond donors (Lipinski definition) is 2. The smallest absolute Gasteiger partial charge is 0.295 e. The molecule has 6 heteroatoms. The summed E-state index contributed by atoms with van der Waals surface area (Å²) in [5, 5.41) is 20.1. The molecule has 2 N–H and O–H groups in total. The van der Waals surface area contributed by atoms with Crippen LogP contribution in [0.3, 0.4) is 0 Å². The number of hydrogen-bond acceptors (Lipinski definition) is 5. The lowest BCUT2D eigenvalue weighted by Gasteiger charge is -2.25. The highest BCUT2D eigenvalue weighted by Gasteiger charge is 2.45. The Morgan fingerprint density at radius 3 is 2.41 bits per heavy atom. The van der Waals surface area contributed by atoms with E-state index < -0.39 is 17.7 Å². The van der Waals surface area contributed by atoms with Crippen LogP contribution < -0.4 is 4.74 Å². The minimum Gasteiger partial charge on any atom is -0.507 e. The van der Waals surface area contributed by atoms with Gasteiger partial charge in [-0.25, -0.2) is 0 Å². The number of aliphatic hydroxyl groups is 2. The number of aliphatic hydroxyl groups excluding tert-OH is 2. The Morgan fingerprint density at radius 2 is 1.79 bits per heavy atom. The summed E-state index contributed by atoms with van der Waals surface area (Å²) in [5.74, 6) is -1.05. The molecule has 1 aliphatic rings.